The number of carbonyl (C=O) groups is 4. The molecule has 1 aliphatic rings. The van der Waals surface area contributed by atoms with Crippen LogP contribution in [0, 0.1) is 6.92 Å². The molecule has 0 saturated carbocycles. The van der Waals surface area contributed by atoms with Crippen molar-refractivity contribution in [3.05, 3.63) is 58.7 Å². The molecule has 2 unspecified atom stereocenters. The van der Waals surface area contributed by atoms with Crippen molar-refractivity contribution in [2.24, 2.45) is 0 Å². The second kappa shape index (κ2) is 32.1. The quantitative estimate of drug-likeness (QED) is 0.0257. The first-order chi connectivity index (χ1) is 31.7. The topological polar surface area (TPSA) is 246 Å². The second-order valence-electron chi connectivity index (χ2n) is 14.3. The molecule has 0 bridgehead atoms. The Labute approximate surface area is 387 Å². The van der Waals surface area contributed by atoms with E-state index in [2.05, 4.69) is 14.9 Å². The standard InChI is InChI=1S/C18H27NO6.C14H22NO6P.C13H16O6/c1-13-10-14(23-9-5-6-17(20)21)11-16(22-2)15(13)12-19-25-18-7-3-4-8-24-18;1-15(21-22)9-11-12(18-2)7-10(8-13(11)19-3)20-6-4-5-14(16)17;1-17-11-6-9(19-5-3-4-13(15)16)7-12(18-2)10(11)8-14/h10-11,18-19H,3-9,12H2,1-2H3,(H,20,21);7-8H,4-6,9,22H2,1-3H3,(H,16,17);6-8H,3-5H2,1-2H3,(H,15,16). The number of aryl methyl sites for hydroxylation is 1. The van der Waals surface area contributed by atoms with Crippen LogP contribution in [0.5, 0.6) is 46.0 Å². The molecule has 2 atom stereocenters. The van der Waals surface area contributed by atoms with Crippen molar-refractivity contribution in [3.63, 3.8) is 0 Å². The Morgan fingerprint density at radius 2 is 1.12 bits per heavy atom. The van der Waals surface area contributed by atoms with Gasteiger partial charge in [0.25, 0.3) is 0 Å². The predicted octanol–water partition coefficient (Wildman–Crippen LogP) is 6.66. The number of hydrogen-bond donors (Lipinski definition) is 4. The van der Waals surface area contributed by atoms with Crippen molar-refractivity contribution in [2.45, 2.75) is 84.1 Å². The van der Waals surface area contributed by atoms with Gasteiger partial charge in [-0.15, -0.1) is 0 Å². The summed E-state index contributed by atoms with van der Waals surface area (Å²) in [4.78, 5) is 47.9. The van der Waals surface area contributed by atoms with Gasteiger partial charge in [0.2, 0.25) is 0 Å². The number of nitrogens with zero attached hydrogens (tertiary/aromatic N) is 1. The molecule has 21 heteroatoms. The molecule has 368 valence electrons. The van der Waals surface area contributed by atoms with Crippen LogP contribution in [0.4, 0.5) is 0 Å². The van der Waals surface area contributed by atoms with Gasteiger partial charge in [0.05, 0.1) is 79.6 Å². The molecule has 0 spiro atoms. The number of hydroxylamine groups is 3. The summed E-state index contributed by atoms with van der Waals surface area (Å²) in [7, 11) is 11.6. The van der Waals surface area contributed by atoms with Gasteiger partial charge in [-0.25, -0.2) is 0 Å². The van der Waals surface area contributed by atoms with E-state index < -0.39 is 17.9 Å². The smallest absolute Gasteiger partial charge is 0.303 e. The number of carbonyl (C=O) groups excluding carboxylic acids is 1. The highest BCUT2D eigenvalue weighted by atomic mass is 31.0. The lowest BCUT2D eigenvalue weighted by atomic mass is 10.1. The summed E-state index contributed by atoms with van der Waals surface area (Å²) in [6.45, 7) is 4.60. The molecule has 20 nitrogen and oxygen atoms in total. The zero-order valence-corrected chi connectivity index (χ0v) is 39.9. The summed E-state index contributed by atoms with van der Waals surface area (Å²) in [5, 5.41) is 27.4. The molecule has 0 radical (unpaired) electrons. The van der Waals surface area contributed by atoms with Crippen LogP contribution in [-0.4, -0.2) is 120 Å². The molecule has 0 aromatic heterocycles. The van der Waals surface area contributed by atoms with Crippen LogP contribution < -0.4 is 43.4 Å². The Kier molecular flexibility index (Phi) is 27.5. The number of nitrogens with one attached hydrogen (secondary N) is 1. The van der Waals surface area contributed by atoms with E-state index in [9.17, 15) is 19.2 Å². The van der Waals surface area contributed by atoms with Gasteiger partial charge in [0.15, 0.2) is 12.6 Å². The number of rotatable bonds is 28. The summed E-state index contributed by atoms with van der Waals surface area (Å²) in [5.41, 5.74) is 6.09. The van der Waals surface area contributed by atoms with Crippen molar-refractivity contribution < 1.29 is 86.6 Å². The number of aliphatic carboxylic acids is 3. The molecule has 0 amide bonds. The van der Waals surface area contributed by atoms with Crippen LogP contribution in [-0.2, 0) is 41.7 Å². The monoisotopic (exact) mass is 952 g/mol. The van der Waals surface area contributed by atoms with Crippen molar-refractivity contribution in [1.29, 1.82) is 0 Å². The molecule has 1 heterocycles. The minimum absolute atomic E-state index is 0.0424. The molecule has 4 N–H and O–H groups in total. The van der Waals surface area contributed by atoms with Gasteiger partial charge in [0, 0.05) is 84.7 Å². The largest absolute Gasteiger partial charge is 0.496 e. The van der Waals surface area contributed by atoms with E-state index in [1.807, 2.05) is 19.1 Å². The minimum atomic E-state index is -0.866. The first-order valence-corrected chi connectivity index (χ1v) is 21.5. The van der Waals surface area contributed by atoms with Crippen LogP contribution in [0.25, 0.3) is 0 Å². The molecule has 4 rings (SSSR count). The molecule has 3 aromatic rings. The van der Waals surface area contributed by atoms with E-state index in [0.717, 1.165) is 42.6 Å². The maximum absolute atomic E-state index is 10.9. The molecule has 66 heavy (non-hydrogen) atoms. The highest BCUT2D eigenvalue weighted by Crippen LogP contribution is 2.36. The predicted molar refractivity (Wildman–Crippen MR) is 243 cm³/mol. The Hall–Kier alpha value is -5.63. The van der Waals surface area contributed by atoms with Crippen molar-refractivity contribution in [3.8, 4) is 46.0 Å². The van der Waals surface area contributed by atoms with Gasteiger partial charge in [0.1, 0.15) is 46.0 Å². The average molecular weight is 953 g/mol. The fourth-order valence-corrected chi connectivity index (χ4v) is 6.14. The van der Waals surface area contributed by atoms with Gasteiger partial charge in [-0.3, -0.25) is 28.6 Å². The van der Waals surface area contributed by atoms with E-state index >= 15 is 0 Å². The Morgan fingerprint density at radius 3 is 1.50 bits per heavy atom. The van der Waals surface area contributed by atoms with E-state index in [0.29, 0.717) is 103 Å². The number of aldehydes is 1. The van der Waals surface area contributed by atoms with Crippen molar-refractivity contribution in [1.82, 2.24) is 10.5 Å². The highest BCUT2D eigenvalue weighted by molar-refractivity contribution is 7.09. The van der Waals surface area contributed by atoms with Gasteiger partial charge in [-0.05, 0) is 50.7 Å². The minimum Gasteiger partial charge on any atom is -0.496 e. The third-order valence-corrected chi connectivity index (χ3v) is 9.78. The molecule has 0 aliphatic carbocycles. The lowest BCUT2D eigenvalue weighted by Crippen LogP contribution is -2.29. The number of ether oxygens (including phenoxy) is 9. The first kappa shape index (κ1) is 56.5. The summed E-state index contributed by atoms with van der Waals surface area (Å²) in [6, 6.07) is 10.3. The fourth-order valence-electron chi connectivity index (χ4n) is 6.07. The normalized spacial score (nSPS) is 12.9. The number of benzene rings is 3. The van der Waals surface area contributed by atoms with E-state index in [1.54, 1.807) is 57.7 Å². The number of methoxy groups -OCH3 is 5. The third-order valence-electron chi connectivity index (χ3n) is 9.42. The Morgan fingerprint density at radius 1 is 0.697 bits per heavy atom. The molecule has 3 aromatic carbocycles. The lowest BCUT2D eigenvalue weighted by molar-refractivity contribution is -0.198. The molecule has 1 saturated heterocycles. The Bertz CT molecular complexity index is 1890. The third kappa shape index (κ3) is 21.1. The van der Waals surface area contributed by atoms with Crippen molar-refractivity contribution >= 4 is 33.7 Å². The van der Waals surface area contributed by atoms with Crippen LogP contribution >= 0.6 is 9.47 Å². The van der Waals surface area contributed by atoms with Crippen molar-refractivity contribution in [2.75, 3.05) is 69.0 Å². The molecule has 1 aliphatic heterocycles. The zero-order valence-electron chi connectivity index (χ0n) is 38.7. The lowest BCUT2D eigenvalue weighted by Gasteiger charge is -2.23. The molecular formula is C45H65N2O18P. The fraction of sp³-hybridized carbons (Fsp3) is 0.511. The molecular weight excluding hydrogens is 887 g/mol. The summed E-state index contributed by atoms with van der Waals surface area (Å²) >= 11 is 0. The molecule has 1 fully saturated rings. The van der Waals surface area contributed by atoms with Crippen LogP contribution in [0.2, 0.25) is 0 Å². The van der Waals surface area contributed by atoms with Gasteiger partial charge < -0.3 is 58.0 Å². The maximum atomic E-state index is 10.9. The van der Waals surface area contributed by atoms with Gasteiger partial charge >= 0.3 is 17.9 Å². The van der Waals surface area contributed by atoms with E-state index in [1.165, 1.54) is 14.2 Å². The summed E-state index contributed by atoms with van der Waals surface area (Å²) in [5.74, 6) is 1.80. The number of hydrogen-bond acceptors (Lipinski definition) is 17. The van der Waals surface area contributed by atoms with Crippen LogP contribution in [0.3, 0.4) is 0 Å². The van der Waals surface area contributed by atoms with Crippen LogP contribution in [0.1, 0.15) is 84.8 Å². The highest BCUT2D eigenvalue weighted by Gasteiger charge is 2.18. The first-order valence-electron chi connectivity index (χ1n) is 21.0. The van der Waals surface area contributed by atoms with Gasteiger partial charge in [-0.1, -0.05) is 0 Å². The maximum Gasteiger partial charge on any atom is 0.303 e. The zero-order chi connectivity index (χ0) is 48.9. The van der Waals surface area contributed by atoms with Gasteiger partial charge in [-0.2, -0.15) is 10.5 Å². The number of carboxylic acid groups (broad SMARTS) is 3. The summed E-state index contributed by atoms with van der Waals surface area (Å²) in [6.07, 6.45) is 5.05. The Balaban J connectivity index is 0.000000344. The SMILES string of the molecule is COc1cc(OCCCC(=O)O)cc(C)c1CNOC1CCCCO1.COc1cc(OCCCC(=O)O)cc(OC)c1C=O.COc1cc(OCCCC(=O)O)cc(OC)c1CN(C)OP. The van der Waals surface area contributed by atoms with E-state index in [-0.39, 0.29) is 32.2 Å². The van der Waals surface area contributed by atoms with E-state index in [4.69, 9.17) is 67.4 Å². The number of carboxylic acids is 3. The summed E-state index contributed by atoms with van der Waals surface area (Å²) < 4.78 is 53.5. The second-order valence-corrected chi connectivity index (χ2v) is 14.5. The van der Waals surface area contributed by atoms with Crippen LogP contribution in [0.15, 0.2) is 36.4 Å². The average Bonchev–Trinajstić information content (AvgIpc) is 3.31.